The summed E-state index contributed by atoms with van der Waals surface area (Å²) in [6.07, 6.45) is 3.93. The van der Waals surface area contributed by atoms with E-state index in [1.54, 1.807) is 0 Å². The van der Waals surface area contributed by atoms with E-state index in [9.17, 15) is 4.79 Å². The Bertz CT molecular complexity index is 630. The predicted octanol–water partition coefficient (Wildman–Crippen LogP) is 3.82. The molecule has 0 bridgehead atoms. The number of nitrogens with one attached hydrogen (secondary N) is 1. The van der Waals surface area contributed by atoms with E-state index in [4.69, 9.17) is 0 Å². The maximum Gasteiger partial charge on any atom is 0.223 e. The highest BCUT2D eigenvalue weighted by Crippen LogP contribution is 2.31. The zero-order valence-corrected chi connectivity index (χ0v) is 13.1. The van der Waals surface area contributed by atoms with Crippen LogP contribution >= 0.6 is 0 Å². The molecule has 3 heteroatoms. The fraction of sp³-hybridized carbons (Fsp3) is 0.368. The maximum absolute atomic E-state index is 12.2. The van der Waals surface area contributed by atoms with Gasteiger partial charge in [0.2, 0.25) is 5.91 Å². The van der Waals surface area contributed by atoms with E-state index < -0.39 is 0 Å². The van der Waals surface area contributed by atoms with Crippen LogP contribution < -0.4 is 5.32 Å². The Balaban J connectivity index is 1.88. The molecule has 1 aromatic carbocycles. The lowest BCUT2D eigenvalue weighted by molar-refractivity contribution is -0.122. The van der Waals surface area contributed by atoms with Crippen molar-refractivity contribution in [1.29, 1.82) is 0 Å². The summed E-state index contributed by atoms with van der Waals surface area (Å²) >= 11 is 0. The van der Waals surface area contributed by atoms with E-state index >= 15 is 0 Å². The van der Waals surface area contributed by atoms with Gasteiger partial charge >= 0.3 is 0 Å². The highest BCUT2D eigenvalue weighted by atomic mass is 16.2. The molecular formula is C19H22N2O. The Morgan fingerprint density at radius 3 is 2.36 bits per heavy atom. The van der Waals surface area contributed by atoms with Crippen LogP contribution in [0.25, 0.3) is 0 Å². The third-order valence-corrected chi connectivity index (χ3v) is 4.14. The van der Waals surface area contributed by atoms with Crippen molar-refractivity contribution in [2.45, 2.75) is 38.6 Å². The molecule has 0 saturated heterocycles. The van der Waals surface area contributed by atoms with E-state index in [-0.39, 0.29) is 17.9 Å². The molecule has 0 radical (unpaired) electrons. The molecule has 3 nitrogen and oxygen atoms in total. The van der Waals surface area contributed by atoms with Crippen molar-refractivity contribution in [1.82, 2.24) is 10.3 Å². The number of aromatic nitrogens is 1. The first-order valence-corrected chi connectivity index (χ1v) is 7.96. The Morgan fingerprint density at radius 2 is 1.82 bits per heavy atom. The first-order chi connectivity index (χ1) is 10.6. The smallest absolute Gasteiger partial charge is 0.223 e. The van der Waals surface area contributed by atoms with Crippen molar-refractivity contribution in [3.05, 3.63) is 65.5 Å². The van der Waals surface area contributed by atoms with Crippen LogP contribution in [0.1, 0.15) is 55.5 Å². The molecule has 3 rings (SSSR count). The quantitative estimate of drug-likeness (QED) is 0.911. The number of benzene rings is 1. The van der Waals surface area contributed by atoms with Crippen LogP contribution in [0.4, 0.5) is 0 Å². The third kappa shape index (κ3) is 3.35. The first-order valence-electron chi connectivity index (χ1n) is 7.96. The number of pyridine rings is 1. The minimum atomic E-state index is -0.171. The Kier molecular flexibility index (Phi) is 4.23. The van der Waals surface area contributed by atoms with Crippen LogP contribution in [-0.4, -0.2) is 10.9 Å². The zero-order chi connectivity index (χ0) is 15.5. The van der Waals surface area contributed by atoms with Gasteiger partial charge in [0.05, 0.1) is 11.7 Å². The van der Waals surface area contributed by atoms with Crippen LogP contribution in [0.2, 0.25) is 0 Å². The molecular weight excluding hydrogens is 272 g/mol. The van der Waals surface area contributed by atoms with Crippen LogP contribution in [0.3, 0.4) is 0 Å². The first kappa shape index (κ1) is 14.8. The summed E-state index contributed by atoms with van der Waals surface area (Å²) in [4.78, 5) is 16.8. The number of rotatable bonds is 5. The summed E-state index contributed by atoms with van der Waals surface area (Å²) < 4.78 is 0. The number of amides is 1. The lowest BCUT2D eigenvalue weighted by Gasteiger charge is -2.19. The van der Waals surface area contributed by atoms with Crippen LogP contribution in [-0.2, 0) is 4.79 Å². The summed E-state index contributed by atoms with van der Waals surface area (Å²) in [5.41, 5.74) is 3.18. The molecule has 2 aromatic rings. The van der Waals surface area contributed by atoms with Crippen molar-refractivity contribution >= 4 is 5.91 Å². The minimum absolute atomic E-state index is 0.142. The largest absolute Gasteiger partial charge is 0.343 e. The van der Waals surface area contributed by atoms with Crippen molar-refractivity contribution in [2.24, 2.45) is 5.92 Å². The molecule has 1 aromatic heterocycles. The molecule has 1 atom stereocenters. The van der Waals surface area contributed by atoms with Gasteiger partial charge in [-0.2, -0.15) is 0 Å². The summed E-state index contributed by atoms with van der Waals surface area (Å²) in [6.45, 7) is 4.31. The Hall–Kier alpha value is -2.16. The number of hydrogen-bond acceptors (Lipinski definition) is 2. The number of hydrogen-bond donors (Lipinski definition) is 1. The number of carbonyl (C=O) groups is 1. The molecule has 1 aliphatic rings. The molecule has 1 saturated carbocycles. The SMILES string of the molecule is CC(C)c1ccc([C@@H](NC(=O)C2CC2)c2ccccc2)nc1. The summed E-state index contributed by atoms with van der Waals surface area (Å²) in [7, 11) is 0. The second-order valence-corrected chi connectivity index (χ2v) is 6.30. The molecule has 0 unspecified atom stereocenters. The van der Waals surface area contributed by atoms with Crippen LogP contribution in [0, 0.1) is 5.92 Å². The molecule has 22 heavy (non-hydrogen) atoms. The van der Waals surface area contributed by atoms with Crippen molar-refractivity contribution in [3.8, 4) is 0 Å². The molecule has 114 valence electrons. The fourth-order valence-electron chi connectivity index (χ4n) is 2.51. The van der Waals surface area contributed by atoms with Gasteiger partial charge in [-0.3, -0.25) is 9.78 Å². The lowest BCUT2D eigenvalue weighted by Crippen LogP contribution is -2.31. The Labute approximate surface area is 131 Å². The standard InChI is InChI=1S/C19H22N2O/c1-13(2)16-10-11-17(20-12-16)18(14-6-4-3-5-7-14)21-19(22)15-8-9-15/h3-7,10-13,15,18H,8-9H2,1-2H3,(H,21,22)/t18-/m0/s1. The van der Waals surface area contributed by atoms with E-state index in [0.717, 1.165) is 24.1 Å². The van der Waals surface area contributed by atoms with Crippen LogP contribution in [0.15, 0.2) is 48.7 Å². The van der Waals surface area contributed by atoms with Gasteiger partial charge in [0, 0.05) is 12.1 Å². The Morgan fingerprint density at radius 1 is 1.09 bits per heavy atom. The summed E-state index contributed by atoms with van der Waals surface area (Å²) in [6, 6.07) is 14.0. The van der Waals surface area contributed by atoms with Crippen molar-refractivity contribution in [2.75, 3.05) is 0 Å². The fourth-order valence-corrected chi connectivity index (χ4v) is 2.51. The van der Waals surface area contributed by atoms with Gasteiger partial charge in [-0.05, 0) is 36.0 Å². The van der Waals surface area contributed by atoms with Crippen LogP contribution in [0.5, 0.6) is 0 Å². The maximum atomic E-state index is 12.2. The van der Waals surface area contributed by atoms with Gasteiger partial charge < -0.3 is 5.32 Å². The molecule has 1 fully saturated rings. The van der Waals surface area contributed by atoms with Crippen molar-refractivity contribution in [3.63, 3.8) is 0 Å². The van der Waals surface area contributed by atoms with E-state index in [2.05, 4.69) is 30.2 Å². The van der Waals surface area contributed by atoms with E-state index in [0.29, 0.717) is 5.92 Å². The van der Waals surface area contributed by atoms with E-state index in [1.807, 2.05) is 42.6 Å². The summed E-state index contributed by atoms with van der Waals surface area (Å²) in [5, 5.41) is 3.16. The lowest BCUT2D eigenvalue weighted by atomic mass is 10.0. The topological polar surface area (TPSA) is 42.0 Å². The average Bonchev–Trinajstić information content (AvgIpc) is 3.38. The second kappa shape index (κ2) is 6.30. The minimum Gasteiger partial charge on any atom is -0.343 e. The molecule has 0 spiro atoms. The normalized spacial score (nSPS) is 15.6. The van der Waals surface area contributed by atoms with Gasteiger partial charge in [0.15, 0.2) is 0 Å². The van der Waals surface area contributed by atoms with E-state index in [1.165, 1.54) is 5.56 Å². The van der Waals surface area contributed by atoms with Gasteiger partial charge in [0.25, 0.3) is 0 Å². The number of carbonyl (C=O) groups excluding carboxylic acids is 1. The van der Waals surface area contributed by atoms with Gasteiger partial charge in [-0.1, -0.05) is 50.2 Å². The van der Waals surface area contributed by atoms with Gasteiger partial charge in [-0.15, -0.1) is 0 Å². The molecule has 1 heterocycles. The second-order valence-electron chi connectivity index (χ2n) is 6.30. The molecule has 1 N–H and O–H groups in total. The van der Waals surface area contributed by atoms with Gasteiger partial charge in [0.1, 0.15) is 0 Å². The third-order valence-electron chi connectivity index (χ3n) is 4.14. The molecule has 1 aliphatic carbocycles. The average molecular weight is 294 g/mol. The monoisotopic (exact) mass is 294 g/mol. The summed E-state index contributed by atoms with van der Waals surface area (Å²) in [5.74, 6) is 0.794. The van der Waals surface area contributed by atoms with Crippen molar-refractivity contribution < 1.29 is 4.79 Å². The molecule has 1 amide bonds. The highest BCUT2D eigenvalue weighted by Gasteiger charge is 2.31. The van der Waals surface area contributed by atoms with Gasteiger partial charge in [-0.25, -0.2) is 0 Å². The highest BCUT2D eigenvalue weighted by molar-refractivity contribution is 5.81. The zero-order valence-electron chi connectivity index (χ0n) is 13.1. The number of nitrogens with zero attached hydrogens (tertiary/aromatic N) is 1. The predicted molar refractivity (Wildman–Crippen MR) is 87.5 cm³/mol. The molecule has 0 aliphatic heterocycles.